The Morgan fingerprint density at radius 1 is 1.12 bits per heavy atom. The van der Waals surface area contributed by atoms with Gasteiger partial charge in [-0.2, -0.15) is 0 Å². The Balaban J connectivity index is 1.07. The minimum absolute atomic E-state index is 0.146. The highest BCUT2D eigenvalue weighted by atomic mass is 16.7. The van der Waals surface area contributed by atoms with Crippen molar-refractivity contribution >= 4 is 22.5 Å². The van der Waals surface area contributed by atoms with Gasteiger partial charge in [-0.1, -0.05) is 25.1 Å². The molecule has 3 N–H and O–H groups in total. The van der Waals surface area contributed by atoms with E-state index in [9.17, 15) is 9.90 Å². The molecule has 180 valence electrons. The number of piperazine rings is 1. The molecule has 0 bridgehead atoms. The maximum atomic E-state index is 12.4. The molecule has 1 unspecified atom stereocenters. The van der Waals surface area contributed by atoms with E-state index in [1.54, 1.807) is 0 Å². The summed E-state index contributed by atoms with van der Waals surface area (Å²) in [6.45, 7) is 7.06. The Labute approximate surface area is 199 Å². The number of anilines is 1. The molecule has 0 saturated carbocycles. The molecule has 2 aromatic carbocycles. The molecule has 1 saturated heterocycles. The van der Waals surface area contributed by atoms with Crippen LogP contribution in [0.15, 0.2) is 42.5 Å². The molecule has 2 aliphatic heterocycles. The largest absolute Gasteiger partial charge is 0.454 e. The second-order valence-corrected chi connectivity index (χ2v) is 8.94. The fraction of sp³-hybridized carbons (Fsp3) is 0.423. The maximum absolute atomic E-state index is 12.4. The van der Waals surface area contributed by atoms with Gasteiger partial charge in [0, 0.05) is 61.9 Å². The van der Waals surface area contributed by atoms with Gasteiger partial charge in [0.05, 0.1) is 6.10 Å². The van der Waals surface area contributed by atoms with Gasteiger partial charge in [-0.15, -0.1) is 0 Å². The first-order chi connectivity index (χ1) is 16.6. The van der Waals surface area contributed by atoms with Crippen molar-refractivity contribution in [1.29, 1.82) is 0 Å². The van der Waals surface area contributed by atoms with Gasteiger partial charge >= 0.3 is 0 Å². The molecule has 5 rings (SSSR count). The van der Waals surface area contributed by atoms with Crippen molar-refractivity contribution in [3.8, 4) is 11.5 Å². The third-order valence-corrected chi connectivity index (χ3v) is 6.67. The third-order valence-electron chi connectivity index (χ3n) is 6.67. The van der Waals surface area contributed by atoms with Gasteiger partial charge in [-0.05, 0) is 36.6 Å². The molecular formula is C26H32N4O4. The van der Waals surface area contributed by atoms with Crippen LogP contribution in [0.1, 0.15) is 29.4 Å². The number of aromatic nitrogens is 1. The lowest BCUT2D eigenvalue weighted by Gasteiger charge is -2.37. The van der Waals surface area contributed by atoms with Crippen LogP contribution in [0.5, 0.6) is 11.5 Å². The molecule has 1 aromatic heterocycles. The van der Waals surface area contributed by atoms with E-state index in [-0.39, 0.29) is 12.7 Å². The molecule has 2 aliphatic rings. The third kappa shape index (κ3) is 4.83. The number of rotatable bonds is 8. The van der Waals surface area contributed by atoms with Gasteiger partial charge in [0.25, 0.3) is 5.91 Å². The van der Waals surface area contributed by atoms with Gasteiger partial charge in [-0.3, -0.25) is 9.69 Å². The molecule has 34 heavy (non-hydrogen) atoms. The van der Waals surface area contributed by atoms with E-state index < -0.39 is 6.10 Å². The molecule has 0 radical (unpaired) electrons. The van der Waals surface area contributed by atoms with E-state index in [1.165, 1.54) is 11.3 Å². The number of aromatic amines is 1. The number of H-pyrrole nitrogens is 1. The Morgan fingerprint density at radius 3 is 2.65 bits per heavy atom. The van der Waals surface area contributed by atoms with Gasteiger partial charge in [0.2, 0.25) is 6.79 Å². The van der Waals surface area contributed by atoms with E-state index >= 15 is 0 Å². The summed E-state index contributed by atoms with van der Waals surface area (Å²) in [4.78, 5) is 20.2. The zero-order valence-electron chi connectivity index (χ0n) is 19.5. The van der Waals surface area contributed by atoms with E-state index in [2.05, 4.69) is 39.2 Å². The summed E-state index contributed by atoms with van der Waals surface area (Å²) >= 11 is 0. The number of para-hydroxylation sites is 1. The molecular weight excluding hydrogens is 432 g/mol. The van der Waals surface area contributed by atoms with Crippen molar-refractivity contribution in [3.63, 3.8) is 0 Å². The van der Waals surface area contributed by atoms with Crippen molar-refractivity contribution in [3.05, 3.63) is 53.7 Å². The Kier molecular flexibility index (Phi) is 6.60. The average molecular weight is 465 g/mol. The monoisotopic (exact) mass is 464 g/mol. The van der Waals surface area contributed by atoms with Gasteiger partial charge in [0.15, 0.2) is 11.5 Å². The molecule has 0 spiro atoms. The Morgan fingerprint density at radius 2 is 1.88 bits per heavy atom. The Bertz CT molecular complexity index is 1120. The lowest BCUT2D eigenvalue weighted by atomic mass is 10.1. The van der Waals surface area contributed by atoms with E-state index in [0.717, 1.165) is 55.0 Å². The van der Waals surface area contributed by atoms with Crippen molar-refractivity contribution in [2.45, 2.75) is 25.9 Å². The first kappa shape index (κ1) is 22.6. The number of fused-ring (bicyclic) bond motifs is 2. The number of hydrogen-bond acceptors (Lipinski definition) is 6. The van der Waals surface area contributed by atoms with Gasteiger partial charge in [0.1, 0.15) is 5.69 Å². The number of aryl methyl sites for hydroxylation is 1. The number of aliphatic hydroxyl groups excluding tert-OH is 1. The van der Waals surface area contributed by atoms with Crippen LogP contribution < -0.4 is 19.7 Å². The Hall–Kier alpha value is -3.23. The number of benzene rings is 2. The molecule has 3 aromatic rings. The summed E-state index contributed by atoms with van der Waals surface area (Å²) in [5.41, 5.74) is 3.97. The second kappa shape index (κ2) is 9.95. The van der Waals surface area contributed by atoms with Crippen molar-refractivity contribution in [2.24, 2.45) is 0 Å². The number of hydrogen-bond donors (Lipinski definition) is 3. The first-order valence-corrected chi connectivity index (χ1v) is 12.0. The van der Waals surface area contributed by atoms with Crippen LogP contribution in [0.4, 0.5) is 5.69 Å². The number of nitrogens with one attached hydrogen (secondary N) is 2. The molecule has 1 amide bonds. The van der Waals surface area contributed by atoms with Gasteiger partial charge < -0.3 is 29.8 Å². The maximum Gasteiger partial charge on any atom is 0.267 e. The molecule has 8 nitrogen and oxygen atoms in total. The lowest BCUT2D eigenvalue weighted by molar-refractivity contribution is 0.0899. The van der Waals surface area contributed by atoms with Crippen LogP contribution >= 0.6 is 0 Å². The smallest absolute Gasteiger partial charge is 0.267 e. The summed E-state index contributed by atoms with van der Waals surface area (Å²) in [5.74, 6) is 1.51. The summed E-state index contributed by atoms with van der Waals surface area (Å²) in [7, 11) is 0. The van der Waals surface area contributed by atoms with Crippen LogP contribution in [0.2, 0.25) is 0 Å². The van der Waals surface area contributed by atoms with Crippen molar-refractivity contribution < 1.29 is 19.4 Å². The molecule has 8 heteroatoms. The number of carbonyl (C=O) groups excluding carboxylic acids is 1. The number of β-amino-alcohol motifs (C(OH)–C–C–N with tert-alkyl or cyclic N) is 1. The van der Waals surface area contributed by atoms with E-state index in [4.69, 9.17) is 9.47 Å². The quantitative estimate of drug-likeness (QED) is 0.475. The number of ether oxygens (including phenoxy) is 2. The second-order valence-electron chi connectivity index (χ2n) is 8.94. The zero-order valence-corrected chi connectivity index (χ0v) is 19.5. The SMILES string of the molecule is CCc1cc2c(cc1N1CCN(CC(O)CCNC(=O)c3cc4ccccc4[nH]3)CC1)OCO2. The number of carbonyl (C=O) groups is 1. The summed E-state index contributed by atoms with van der Waals surface area (Å²) in [6.07, 6.45) is 0.981. The summed E-state index contributed by atoms with van der Waals surface area (Å²) in [5, 5.41) is 14.4. The zero-order chi connectivity index (χ0) is 23.5. The topological polar surface area (TPSA) is 90.1 Å². The van der Waals surface area contributed by atoms with Crippen LogP contribution in [0.25, 0.3) is 10.9 Å². The number of aliphatic hydroxyl groups is 1. The van der Waals surface area contributed by atoms with Crippen LogP contribution in [-0.2, 0) is 6.42 Å². The summed E-state index contributed by atoms with van der Waals surface area (Å²) in [6, 6.07) is 13.9. The predicted octanol–water partition coefficient (Wildman–Crippen LogP) is 2.76. The molecule has 0 aliphatic carbocycles. The normalized spacial score (nSPS) is 16.7. The number of nitrogens with zero attached hydrogens (tertiary/aromatic N) is 2. The van der Waals surface area contributed by atoms with Crippen LogP contribution in [0, 0.1) is 0 Å². The van der Waals surface area contributed by atoms with E-state index in [0.29, 0.717) is 25.2 Å². The van der Waals surface area contributed by atoms with E-state index in [1.807, 2.05) is 30.3 Å². The number of amides is 1. The van der Waals surface area contributed by atoms with Crippen LogP contribution in [-0.4, -0.2) is 73.1 Å². The van der Waals surface area contributed by atoms with Gasteiger partial charge in [-0.25, -0.2) is 0 Å². The standard InChI is InChI=1S/C26H32N4O4/c1-2-18-14-24-25(34-17-33-24)15-23(18)30-11-9-29(10-12-30)16-20(31)7-8-27-26(32)22-13-19-5-3-4-6-21(19)28-22/h3-6,13-15,20,28,31H,2,7-12,16-17H2,1H3,(H,27,32). The average Bonchev–Trinajstić information content (AvgIpc) is 3.50. The van der Waals surface area contributed by atoms with Crippen molar-refractivity contribution in [1.82, 2.24) is 15.2 Å². The minimum Gasteiger partial charge on any atom is -0.454 e. The lowest BCUT2D eigenvalue weighted by Crippen LogP contribution is -2.49. The fourth-order valence-electron chi connectivity index (χ4n) is 4.75. The highest BCUT2D eigenvalue weighted by Gasteiger charge is 2.24. The molecule has 1 fully saturated rings. The predicted molar refractivity (Wildman–Crippen MR) is 132 cm³/mol. The molecule has 1 atom stereocenters. The fourth-order valence-corrected chi connectivity index (χ4v) is 4.75. The minimum atomic E-state index is -0.480. The van der Waals surface area contributed by atoms with Crippen molar-refractivity contribution in [2.75, 3.05) is 51.0 Å². The van der Waals surface area contributed by atoms with Crippen LogP contribution in [0.3, 0.4) is 0 Å². The highest BCUT2D eigenvalue weighted by Crippen LogP contribution is 2.39. The molecule has 3 heterocycles. The summed E-state index contributed by atoms with van der Waals surface area (Å²) < 4.78 is 11.1. The highest BCUT2D eigenvalue weighted by molar-refractivity contribution is 5.97. The first-order valence-electron chi connectivity index (χ1n) is 12.0.